The molecule has 3 N–H and O–H groups in total. The van der Waals surface area contributed by atoms with Crippen molar-refractivity contribution in [1.82, 2.24) is 24.4 Å². The average Bonchev–Trinajstić information content (AvgIpc) is 3.22. The number of halogens is 1. The van der Waals surface area contributed by atoms with Gasteiger partial charge in [-0.15, -0.1) is 0 Å². The lowest BCUT2D eigenvalue weighted by atomic mass is 10.0. The number of carbonyl (C=O) groups excluding carboxylic acids is 1. The van der Waals surface area contributed by atoms with Crippen molar-refractivity contribution in [2.45, 2.75) is 31.9 Å². The molecule has 0 radical (unpaired) electrons. The van der Waals surface area contributed by atoms with E-state index in [1.165, 1.54) is 4.90 Å². The van der Waals surface area contributed by atoms with Crippen molar-refractivity contribution in [3.8, 4) is 23.1 Å². The third-order valence-electron chi connectivity index (χ3n) is 5.20. The number of likely N-dealkylation sites (N-methyl/N-ethyl adjacent to an activating group) is 1. The Bertz CT molecular complexity index is 1230. The minimum Gasteiger partial charge on any atom is -0.369 e. The number of nitrogens with zero attached hydrogens (tertiary/aromatic N) is 5. The molecule has 1 atom stereocenters. The normalized spacial score (nSPS) is 18.9. The van der Waals surface area contributed by atoms with E-state index >= 15 is 0 Å². The van der Waals surface area contributed by atoms with E-state index in [9.17, 15) is 14.3 Å². The summed E-state index contributed by atoms with van der Waals surface area (Å²) in [4.78, 5) is 25.7. The Balaban J connectivity index is 1.86. The van der Waals surface area contributed by atoms with Gasteiger partial charge in [0.05, 0.1) is 17.9 Å². The van der Waals surface area contributed by atoms with E-state index < -0.39 is 17.3 Å². The predicted octanol–water partition coefficient (Wildman–Crippen LogP) is 1.74. The van der Waals surface area contributed by atoms with Crippen LogP contribution in [0.2, 0.25) is 0 Å². The number of aliphatic hydroxyl groups is 1. The molecule has 3 aromatic rings. The van der Waals surface area contributed by atoms with E-state index in [1.54, 1.807) is 25.5 Å². The van der Waals surface area contributed by atoms with Crippen LogP contribution in [0, 0.1) is 17.7 Å². The van der Waals surface area contributed by atoms with Crippen LogP contribution in [-0.4, -0.2) is 54.6 Å². The lowest BCUT2D eigenvalue weighted by molar-refractivity contribution is -0.137. The Kier molecular flexibility index (Phi) is 4.67. The SMILES string of the molecule is CC(C)n1cc(-c2nc(N)ncc2F)c2cc(C#CC3(O)CCN(C)C3=O)ncc21. The second-order valence-electron chi connectivity index (χ2n) is 7.64. The number of hydrogen-bond acceptors (Lipinski definition) is 6. The highest BCUT2D eigenvalue weighted by atomic mass is 19.1. The first-order chi connectivity index (χ1) is 14.2. The van der Waals surface area contributed by atoms with Crippen LogP contribution in [0.5, 0.6) is 0 Å². The van der Waals surface area contributed by atoms with Gasteiger partial charge in [0.2, 0.25) is 11.5 Å². The summed E-state index contributed by atoms with van der Waals surface area (Å²) in [5.74, 6) is 4.40. The number of rotatable bonds is 2. The number of likely N-dealkylation sites (tertiary alicyclic amines) is 1. The number of fused-ring (bicyclic) bond motifs is 1. The molecule has 30 heavy (non-hydrogen) atoms. The number of hydrogen-bond donors (Lipinski definition) is 2. The fraction of sp³-hybridized carbons (Fsp3) is 0.333. The standard InChI is InChI=1S/C21H21FN6O2/c1-12(2)28-11-15(18-16(22)9-25-20(23)26-18)14-8-13(24-10-17(14)28)4-5-21(30)6-7-27(3)19(21)29/h8-12,30H,6-7H2,1-3H3,(H2,23,25,26). The van der Waals surface area contributed by atoms with Crippen LogP contribution in [0.25, 0.3) is 22.2 Å². The molecular formula is C21H21FN6O2. The highest BCUT2D eigenvalue weighted by molar-refractivity contribution is 5.96. The van der Waals surface area contributed by atoms with Crippen LogP contribution in [0.3, 0.4) is 0 Å². The third kappa shape index (κ3) is 3.25. The fourth-order valence-electron chi connectivity index (χ4n) is 3.54. The number of amides is 1. The molecule has 154 valence electrons. The van der Waals surface area contributed by atoms with Gasteiger partial charge in [-0.2, -0.15) is 0 Å². The van der Waals surface area contributed by atoms with Crippen LogP contribution in [0.1, 0.15) is 32.0 Å². The molecule has 3 aromatic heterocycles. The third-order valence-corrected chi connectivity index (χ3v) is 5.20. The van der Waals surface area contributed by atoms with Gasteiger partial charge in [-0.25, -0.2) is 19.3 Å². The molecule has 0 aliphatic carbocycles. The van der Waals surface area contributed by atoms with Crippen molar-refractivity contribution in [3.63, 3.8) is 0 Å². The summed E-state index contributed by atoms with van der Waals surface area (Å²) in [6.45, 7) is 4.44. The molecule has 1 unspecified atom stereocenters. The fourth-order valence-corrected chi connectivity index (χ4v) is 3.54. The molecule has 8 nitrogen and oxygen atoms in total. The summed E-state index contributed by atoms with van der Waals surface area (Å²) < 4.78 is 16.4. The second-order valence-corrected chi connectivity index (χ2v) is 7.64. The molecule has 0 bridgehead atoms. The van der Waals surface area contributed by atoms with Crippen molar-refractivity contribution >= 4 is 22.8 Å². The summed E-state index contributed by atoms with van der Waals surface area (Å²) >= 11 is 0. The van der Waals surface area contributed by atoms with Crippen LogP contribution < -0.4 is 5.73 Å². The van der Waals surface area contributed by atoms with E-state index in [1.807, 2.05) is 18.4 Å². The molecule has 0 aromatic carbocycles. The maximum atomic E-state index is 14.5. The van der Waals surface area contributed by atoms with E-state index in [-0.39, 0.29) is 24.1 Å². The molecule has 1 aliphatic rings. The van der Waals surface area contributed by atoms with Crippen LogP contribution in [-0.2, 0) is 4.79 Å². The minimum absolute atomic E-state index is 0.0305. The minimum atomic E-state index is -1.72. The molecule has 1 aliphatic heterocycles. The van der Waals surface area contributed by atoms with Gasteiger partial charge in [0, 0.05) is 43.2 Å². The topological polar surface area (TPSA) is 110 Å². The zero-order chi connectivity index (χ0) is 21.6. The van der Waals surface area contributed by atoms with Crippen LogP contribution in [0.4, 0.5) is 10.3 Å². The Hall–Kier alpha value is -3.51. The molecule has 4 rings (SSSR count). The van der Waals surface area contributed by atoms with Crippen molar-refractivity contribution < 1.29 is 14.3 Å². The largest absolute Gasteiger partial charge is 0.369 e. The number of pyridine rings is 1. The van der Waals surface area contributed by atoms with E-state index in [0.717, 1.165) is 11.7 Å². The number of nitrogens with two attached hydrogens (primary N) is 1. The van der Waals surface area contributed by atoms with Gasteiger partial charge in [-0.1, -0.05) is 5.92 Å². The first-order valence-corrected chi connectivity index (χ1v) is 9.49. The maximum Gasteiger partial charge on any atom is 0.267 e. The highest BCUT2D eigenvalue weighted by Gasteiger charge is 2.42. The van der Waals surface area contributed by atoms with Crippen LogP contribution >= 0.6 is 0 Å². The number of aromatic nitrogens is 4. The monoisotopic (exact) mass is 408 g/mol. The van der Waals surface area contributed by atoms with Crippen molar-refractivity contribution in [3.05, 3.63) is 36.2 Å². The van der Waals surface area contributed by atoms with Gasteiger partial charge in [0.1, 0.15) is 11.4 Å². The quantitative estimate of drug-likeness (QED) is 0.625. The molecule has 1 saturated heterocycles. The van der Waals surface area contributed by atoms with Gasteiger partial charge in [-0.3, -0.25) is 4.79 Å². The summed E-state index contributed by atoms with van der Waals surface area (Å²) in [6, 6.07) is 1.79. The molecule has 0 saturated carbocycles. The first-order valence-electron chi connectivity index (χ1n) is 9.49. The molecule has 4 heterocycles. The molecule has 9 heteroatoms. The van der Waals surface area contributed by atoms with Gasteiger partial charge in [0.25, 0.3) is 5.91 Å². The molecule has 0 spiro atoms. The zero-order valence-electron chi connectivity index (χ0n) is 16.8. The average molecular weight is 408 g/mol. The first kappa shape index (κ1) is 19.8. The van der Waals surface area contributed by atoms with Crippen molar-refractivity contribution in [2.75, 3.05) is 19.3 Å². The summed E-state index contributed by atoms with van der Waals surface area (Å²) in [7, 11) is 1.62. The molecular weight excluding hydrogens is 387 g/mol. The Morgan fingerprint density at radius 2 is 2.10 bits per heavy atom. The molecule has 1 amide bonds. The molecule has 1 fully saturated rings. The summed E-state index contributed by atoms with van der Waals surface area (Å²) in [5.41, 5.74) is 5.70. The van der Waals surface area contributed by atoms with E-state index in [0.29, 0.717) is 23.2 Å². The lowest BCUT2D eigenvalue weighted by Gasteiger charge is -2.13. The van der Waals surface area contributed by atoms with Gasteiger partial charge < -0.3 is 20.3 Å². The van der Waals surface area contributed by atoms with Gasteiger partial charge in [0.15, 0.2) is 5.82 Å². The Morgan fingerprint density at radius 1 is 1.33 bits per heavy atom. The van der Waals surface area contributed by atoms with Crippen molar-refractivity contribution in [1.29, 1.82) is 0 Å². The number of carbonyl (C=O) groups is 1. The number of nitrogen functional groups attached to an aromatic ring is 1. The van der Waals surface area contributed by atoms with E-state index in [2.05, 4.69) is 26.8 Å². The zero-order valence-corrected chi connectivity index (χ0v) is 16.8. The Morgan fingerprint density at radius 3 is 2.77 bits per heavy atom. The van der Waals surface area contributed by atoms with E-state index in [4.69, 9.17) is 5.73 Å². The summed E-state index contributed by atoms with van der Waals surface area (Å²) in [6.07, 6.45) is 4.70. The van der Waals surface area contributed by atoms with Crippen LogP contribution in [0.15, 0.2) is 24.7 Å². The number of anilines is 1. The van der Waals surface area contributed by atoms with Gasteiger partial charge >= 0.3 is 0 Å². The Labute approximate surface area is 172 Å². The van der Waals surface area contributed by atoms with Gasteiger partial charge in [-0.05, 0) is 25.8 Å². The maximum absolute atomic E-state index is 14.5. The highest BCUT2D eigenvalue weighted by Crippen LogP contribution is 2.33. The summed E-state index contributed by atoms with van der Waals surface area (Å²) in [5, 5.41) is 11.2. The lowest BCUT2D eigenvalue weighted by Crippen LogP contribution is -2.37. The smallest absolute Gasteiger partial charge is 0.267 e. The predicted molar refractivity (Wildman–Crippen MR) is 110 cm³/mol. The van der Waals surface area contributed by atoms with Crippen molar-refractivity contribution in [2.24, 2.45) is 0 Å². The second kappa shape index (κ2) is 7.07.